The van der Waals surface area contributed by atoms with E-state index in [1.165, 1.54) is 0 Å². The van der Waals surface area contributed by atoms with Crippen LogP contribution in [-0.2, 0) is 32.0 Å². The van der Waals surface area contributed by atoms with Crippen molar-refractivity contribution >= 4 is 0 Å². The molecule has 0 heterocycles. The molecule has 8 rings (SSSR count). The highest BCUT2D eigenvalue weighted by atomic mass is 16.5. The molecule has 0 saturated heterocycles. The number of rotatable bonds is 18. The van der Waals surface area contributed by atoms with Crippen LogP contribution in [0.15, 0.2) is 182 Å². The van der Waals surface area contributed by atoms with Crippen molar-refractivity contribution in [3.8, 4) is 46.0 Å². The zero-order chi connectivity index (χ0) is 45.2. The lowest BCUT2D eigenvalue weighted by Gasteiger charge is -2.34. The molecule has 0 aromatic heterocycles. The predicted molar refractivity (Wildman–Crippen MR) is 257 cm³/mol. The summed E-state index contributed by atoms with van der Waals surface area (Å²) in [4.78, 5) is 0. The molecule has 0 aliphatic heterocycles. The van der Waals surface area contributed by atoms with Gasteiger partial charge in [-0.3, -0.25) is 0 Å². The molecule has 0 radical (unpaired) electrons. The maximum Gasteiger partial charge on any atom is 0.128 e. The molecule has 0 unspecified atom stereocenters. The fourth-order valence-corrected chi connectivity index (χ4v) is 7.85. The van der Waals surface area contributed by atoms with Crippen LogP contribution < -0.4 is 28.4 Å². The van der Waals surface area contributed by atoms with Crippen LogP contribution in [0.2, 0.25) is 0 Å². The van der Waals surface area contributed by atoms with Crippen LogP contribution in [0.1, 0.15) is 62.6 Å². The monoisotopic (exact) mass is 862 g/mol. The quantitative estimate of drug-likeness (QED) is 0.0921. The molecule has 0 spiro atoms. The van der Waals surface area contributed by atoms with Crippen molar-refractivity contribution in [3.63, 3.8) is 0 Å². The second kappa shape index (κ2) is 20.4. The second-order valence-corrected chi connectivity index (χ2v) is 16.5. The van der Waals surface area contributed by atoms with E-state index in [0.29, 0.717) is 79.4 Å². The third kappa shape index (κ3) is 11.6. The molecule has 0 amide bonds. The van der Waals surface area contributed by atoms with Crippen LogP contribution in [-0.4, -0.2) is 5.11 Å². The number of para-hydroxylation sites is 2. The molecule has 1 N–H and O–H groups in total. The first-order valence-electron chi connectivity index (χ1n) is 21.8. The third-order valence-electron chi connectivity index (χ3n) is 11.1. The first kappa shape index (κ1) is 44.1. The summed E-state index contributed by atoms with van der Waals surface area (Å²) in [5, 5.41) is 13.8. The predicted octanol–water partition coefficient (Wildman–Crippen LogP) is 14.1. The van der Waals surface area contributed by atoms with Gasteiger partial charge in [0.25, 0.3) is 0 Å². The van der Waals surface area contributed by atoms with Gasteiger partial charge in [0, 0.05) is 11.1 Å². The van der Waals surface area contributed by atoms with E-state index in [-0.39, 0.29) is 26.4 Å². The lowest BCUT2D eigenvalue weighted by atomic mass is 9.78. The summed E-state index contributed by atoms with van der Waals surface area (Å²) in [5.41, 5.74) is 6.77. The van der Waals surface area contributed by atoms with Crippen molar-refractivity contribution in [3.05, 3.63) is 238 Å². The standard InChI is InChI=1S/C58H54O7/c1-40-16-24-48(25-17-40)60-36-44-32-54(64-52-12-8-6-9-13-52)33-45(37-61-49-26-18-41(2)19-27-49)56(44)58(5,59)57-46(38-62-50-28-20-42(3)21-29-50)34-55(65-53-14-10-7-11-15-53)35-47(57)39-63-51-30-22-43(4)23-31-51/h6-35,59H,36-39H2,1-5H3. The molecule has 0 atom stereocenters. The summed E-state index contributed by atoms with van der Waals surface area (Å²) < 4.78 is 39.3. The minimum Gasteiger partial charge on any atom is -0.489 e. The number of hydrogen-bond acceptors (Lipinski definition) is 7. The van der Waals surface area contributed by atoms with Gasteiger partial charge in [0.1, 0.15) is 78.0 Å². The Morgan fingerprint density at radius 3 is 0.815 bits per heavy atom. The number of aryl methyl sites for hydroxylation is 4. The molecular weight excluding hydrogens is 809 g/mol. The lowest BCUT2D eigenvalue weighted by molar-refractivity contribution is 0.0921. The molecule has 0 aliphatic rings. The molecule has 8 aromatic rings. The van der Waals surface area contributed by atoms with Crippen LogP contribution in [0.5, 0.6) is 46.0 Å². The summed E-state index contributed by atoms with van der Waals surface area (Å²) in [6.45, 7) is 10.4. The minimum atomic E-state index is -1.72. The average Bonchev–Trinajstić information content (AvgIpc) is 3.31. The van der Waals surface area contributed by atoms with E-state index < -0.39 is 5.60 Å². The van der Waals surface area contributed by atoms with Crippen molar-refractivity contribution in [2.75, 3.05) is 0 Å². The Balaban J connectivity index is 1.32. The highest BCUT2D eigenvalue weighted by Crippen LogP contribution is 2.43. The molecule has 7 nitrogen and oxygen atoms in total. The molecule has 7 heteroatoms. The van der Waals surface area contributed by atoms with Gasteiger partial charge in [-0.1, -0.05) is 107 Å². The summed E-state index contributed by atoms with van der Waals surface area (Å²) in [6, 6.07) is 58.8. The molecule has 65 heavy (non-hydrogen) atoms. The highest BCUT2D eigenvalue weighted by Gasteiger charge is 2.37. The van der Waals surface area contributed by atoms with E-state index in [9.17, 15) is 5.11 Å². The molecule has 0 saturated carbocycles. The van der Waals surface area contributed by atoms with Gasteiger partial charge in [-0.15, -0.1) is 0 Å². The Morgan fingerprint density at radius 1 is 0.323 bits per heavy atom. The first-order chi connectivity index (χ1) is 31.6. The van der Waals surface area contributed by atoms with Crippen molar-refractivity contribution in [1.82, 2.24) is 0 Å². The molecule has 8 aromatic carbocycles. The van der Waals surface area contributed by atoms with Gasteiger partial charge in [0.2, 0.25) is 0 Å². The van der Waals surface area contributed by atoms with E-state index in [2.05, 4.69) is 0 Å². The average molecular weight is 863 g/mol. The van der Waals surface area contributed by atoms with Crippen LogP contribution in [0.25, 0.3) is 0 Å². The van der Waals surface area contributed by atoms with Gasteiger partial charge in [-0.2, -0.15) is 0 Å². The maximum atomic E-state index is 13.8. The topological polar surface area (TPSA) is 75.6 Å². The largest absolute Gasteiger partial charge is 0.489 e. The summed E-state index contributed by atoms with van der Waals surface area (Å²) in [7, 11) is 0. The van der Waals surface area contributed by atoms with Gasteiger partial charge in [-0.25, -0.2) is 0 Å². The lowest BCUT2D eigenvalue weighted by Crippen LogP contribution is -2.31. The molecule has 0 aliphatic carbocycles. The number of hydrogen-bond donors (Lipinski definition) is 1. The summed E-state index contributed by atoms with van der Waals surface area (Å²) >= 11 is 0. The van der Waals surface area contributed by atoms with Crippen LogP contribution in [0.4, 0.5) is 0 Å². The van der Waals surface area contributed by atoms with Gasteiger partial charge >= 0.3 is 0 Å². The Kier molecular flexibility index (Phi) is 13.8. The van der Waals surface area contributed by atoms with Crippen molar-refractivity contribution in [1.29, 1.82) is 0 Å². The Morgan fingerprint density at radius 2 is 0.569 bits per heavy atom. The van der Waals surface area contributed by atoms with Gasteiger partial charge in [-0.05, 0) is 154 Å². The smallest absolute Gasteiger partial charge is 0.128 e. The Labute approximate surface area is 382 Å². The van der Waals surface area contributed by atoms with Gasteiger partial charge < -0.3 is 33.5 Å². The summed E-state index contributed by atoms with van der Waals surface area (Å²) in [6.07, 6.45) is 0. The number of ether oxygens (including phenoxy) is 6. The minimum absolute atomic E-state index is 0.109. The Hall–Kier alpha value is -7.48. The van der Waals surface area contributed by atoms with E-state index in [1.807, 2.05) is 217 Å². The number of aliphatic hydroxyl groups is 1. The fourth-order valence-electron chi connectivity index (χ4n) is 7.85. The van der Waals surface area contributed by atoms with Gasteiger partial charge in [0.15, 0.2) is 0 Å². The highest BCUT2D eigenvalue weighted by molar-refractivity contribution is 5.56. The van der Waals surface area contributed by atoms with E-state index >= 15 is 0 Å². The van der Waals surface area contributed by atoms with Crippen molar-refractivity contribution in [2.24, 2.45) is 0 Å². The molecule has 0 bridgehead atoms. The maximum absolute atomic E-state index is 13.8. The second-order valence-electron chi connectivity index (χ2n) is 16.5. The zero-order valence-electron chi connectivity index (χ0n) is 37.5. The zero-order valence-corrected chi connectivity index (χ0v) is 37.5. The van der Waals surface area contributed by atoms with Crippen molar-refractivity contribution < 1.29 is 33.5 Å². The number of benzene rings is 8. The SMILES string of the molecule is Cc1ccc(OCc2cc(Oc3ccccc3)cc(COc3ccc(C)cc3)c2C(C)(O)c2c(COc3ccc(C)cc3)cc(Oc3ccccc3)cc2COc2ccc(C)cc2)cc1. The fraction of sp³-hybridized carbons (Fsp3) is 0.172. The Bertz CT molecular complexity index is 2450. The third-order valence-corrected chi connectivity index (χ3v) is 11.1. The van der Waals surface area contributed by atoms with E-state index in [4.69, 9.17) is 28.4 Å². The van der Waals surface area contributed by atoms with Crippen molar-refractivity contribution in [2.45, 2.75) is 66.6 Å². The van der Waals surface area contributed by atoms with E-state index in [0.717, 1.165) is 22.3 Å². The van der Waals surface area contributed by atoms with Crippen LogP contribution in [0.3, 0.4) is 0 Å². The first-order valence-corrected chi connectivity index (χ1v) is 21.8. The van der Waals surface area contributed by atoms with Crippen LogP contribution in [0, 0.1) is 27.7 Å². The molecular formula is C58H54O7. The molecule has 328 valence electrons. The van der Waals surface area contributed by atoms with Crippen LogP contribution >= 0.6 is 0 Å². The van der Waals surface area contributed by atoms with Gasteiger partial charge in [0.05, 0.1) is 0 Å². The normalized spacial score (nSPS) is 11.2. The summed E-state index contributed by atoms with van der Waals surface area (Å²) in [5.74, 6) is 5.23. The molecule has 0 fully saturated rings. The van der Waals surface area contributed by atoms with E-state index in [1.54, 1.807) is 0 Å².